The maximum atomic E-state index is 12.9. The van der Waals surface area contributed by atoms with Crippen LogP contribution < -0.4 is 19.7 Å². The van der Waals surface area contributed by atoms with Crippen LogP contribution in [0.3, 0.4) is 0 Å². The number of hydrogen-bond donors (Lipinski definition) is 1. The zero-order chi connectivity index (χ0) is 21.8. The Kier molecular flexibility index (Phi) is 6.65. The first-order chi connectivity index (χ1) is 14.3. The van der Waals surface area contributed by atoms with Gasteiger partial charge in [-0.1, -0.05) is 18.2 Å². The fraction of sp³-hybridized carbons (Fsp3) is 0.417. The molecule has 0 aromatic heterocycles. The number of rotatable bonds is 7. The molecule has 3 rings (SSSR count). The molecule has 2 aromatic rings. The van der Waals surface area contributed by atoms with Crippen molar-refractivity contribution in [2.45, 2.75) is 40.2 Å². The molecule has 0 spiro atoms. The fourth-order valence-corrected chi connectivity index (χ4v) is 3.79. The number of hydrogen-bond acceptors (Lipinski definition) is 4. The minimum absolute atomic E-state index is 0.0146. The van der Waals surface area contributed by atoms with Gasteiger partial charge >= 0.3 is 0 Å². The predicted octanol–water partition coefficient (Wildman–Crippen LogP) is 3.94. The third-order valence-electron chi connectivity index (χ3n) is 5.71. The molecule has 160 valence electrons. The van der Waals surface area contributed by atoms with Crippen molar-refractivity contribution < 1.29 is 19.1 Å². The number of amides is 2. The summed E-state index contributed by atoms with van der Waals surface area (Å²) in [5.41, 5.74) is 4.01. The van der Waals surface area contributed by atoms with Gasteiger partial charge in [-0.05, 0) is 62.6 Å². The Morgan fingerprint density at radius 3 is 2.70 bits per heavy atom. The van der Waals surface area contributed by atoms with Crippen LogP contribution in [0, 0.1) is 19.8 Å². The van der Waals surface area contributed by atoms with Crippen molar-refractivity contribution >= 4 is 17.5 Å². The molecule has 1 saturated heterocycles. The molecule has 6 nitrogen and oxygen atoms in total. The number of carbonyl (C=O) groups excluding carboxylic acids is 2. The molecule has 0 aliphatic carbocycles. The molecule has 0 bridgehead atoms. The van der Waals surface area contributed by atoms with Gasteiger partial charge in [-0.15, -0.1) is 0 Å². The molecule has 1 heterocycles. The number of nitrogens with zero attached hydrogens (tertiary/aromatic N) is 1. The summed E-state index contributed by atoms with van der Waals surface area (Å²) in [4.78, 5) is 27.2. The van der Waals surface area contributed by atoms with E-state index in [1.165, 1.54) is 0 Å². The zero-order valence-corrected chi connectivity index (χ0v) is 18.3. The largest absolute Gasteiger partial charge is 0.493 e. The standard InChI is InChI=1S/C24H30N2O4/c1-6-30-21-11-10-18(12-22(21)29-5)17(4)25-24(28)19-13-23(27)26(14-19)20-9-7-8-15(2)16(20)3/h7-12,17,19H,6,13-14H2,1-5H3,(H,25,28). The van der Waals surface area contributed by atoms with Crippen LogP contribution in [0.5, 0.6) is 11.5 Å². The van der Waals surface area contributed by atoms with E-state index in [0.29, 0.717) is 24.7 Å². The summed E-state index contributed by atoms with van der Waals surface area (Å²) in [5.74, 6) is 0.806. The SMILES string of the molecule is CCOc1ccc(C(C)NC(=O)C2CC(=O)N(c3cccc(C)c3C)C2)cc1OC. The van der Waals surface area contributed by atoms with Gasteiger partial charge in [0, 0.05) is 18.7 Å². The van der Waals surface area contributed by atoms with Crippen molar-refractivity contribution in [1.29, 1.82) is 0 Å². The van der Waals surface area contributed by atoms with Gasteiger partial charge in [0.1, 0.15) is 0 Å². The highest BCUT2D eigenvalue weighted by Gasteiger charge is 2.36. The van der Waals surface area contributed by atoms with Crippen molar-refractivity contribution in [2.75, 3.05) is 25.2 Å². The van der Waals surface area contributed by atoms with Crippen LogP contribution in [0.25, 0.3) is 0 Å². The van der Waals surface area contributed by atoms with Crippen LogP contribution in [-0.2, 0) is 9.59 Å². The smallest absolute Gasteiger partial charge is 0.227 e. The maximum Gasteiger partial charge on any atom is 0.227 e. The summed E-state index contributed by atoms with van der Waals surface area (Å²) in [5, 5.41) is 3.05. The molecule has 2 unspecified atom stereocenters. The quantitative estimate of drug-likeness (QED) is 0.751. The summed E-state index contributed by atoms with van der Waals surface area (Å²) in [6.07, 6.45) is 0.221. The van der Waals surface area contributed by atoms with Crippen LogP contribution in [0.2, 0.25) is 0 Å². The number of benzene rings is 2. The van der Waals surface area contributed by atoms with Gasteiger partial charge < -0.3 is 19.7 Å². The summed E-state index contributed by atoms with van der Waals surface area (Å²) < 4.78 is 11.0. The van der Waals surface area contributed by atoms with Gasteiger partial charge in [0.15, 0.2) is 11.5 Å². The molecule has 0 radical (unpaired) electrons. The number of carbonyl (C=O) groups is 2. The number of methoxy groups -OCH3 is 1. The molecule has 1 N–H and O–H groups in total. The minimum Gasteiger partial charge on any atom is -0.493 e. The summed E-state index contributed by atoms with van der Waals surface area (Å²) in [7, 11) is 1.59. The van der Waals surface area contributed by atoms with Crippen LogP contribution in [0.4, 0.5) is 5.69 Å². The van der Waals surface area contributed by atoms with Crippen LogP contribution in [0.1, 0.15) is 43.0 Å². The lowest BCUT2D eigenvalue weighted by Gasteiger charge is -2.21. The Morgan fingerprint density at radius 2 is 2.00 bits per heavy atom. The third-order valence-corrected chi connectivity index (χ3v) is 5.71. The molecular formula is C24H30N2O4. The molecule has 30 heavy (non-hydrogen) atoms. The van der Waals surface area contributed by atoms with Gasteiger partial charge in [0.05, 0.1) is 25.7 Å². The van der Waals surface area contributed by atoms with Gasteiger partial charge in [-0.25, -0.2) is 0 Å². The Morgan fingerprint density at radius 1 is 1.23 bits per heavy atom. The topological polar surface area (TPSA) is 67.9 Å². The summed E-state index contributed by atoms with van der Waals surface area (Å²) in [6, 6.07) is 11.3. The van der Waals surface area contributed by atoms with Crippen molar-refractivity contribution in [3.05, 3.63) is 53.1 Å². The molecular weight excluding hydrogens is 380 g/mol. The minimum atomic E-state index is -0.371. The van der Waals surface area contributed by atoms with Gasteiger partial charge in [-0.2, -0.15) is 0 Å². The third kappa shape index (κ3) is 4.42. The molecule has 2 amide bonds. The average Bonchev–Trinajstić information content (AvgIpc) is 3.12. The van der Waals surface area contributed by atoms with E-state index in [4.69, 9.17) is 9.47 Å². The van der Waals surface area contributed by atoms with Crippen LogP contribution >= 0.6 is 0 Å². The molecule has 1 aliphatic heterocycles. The molecule has 2 aromatic carbocycles. The van der Waals surface area contributed by atoms with E-state index in [1.807, 2.05) is 64.1 Å². The van der Waals surface area contributed by atoms with Crippen molar-refractivity contribution in [3.8, 4) is 11.5 Å². The average molecular weight is 411 g/mol. The fourth-order valence-electron chi connectivity index (χ4n) is 3.79. The van der Waals surface area contributed by atoms with Gasteiger partial charge in [0.25, 0.3) is 0 Å². The molecule has 2 atom stereocenters. The second-order valence-electron chi connectivity index (χ2n) is 7.70. The summed E-state index contributed by atoms with van der Waals surface area (Å²) >= 11 is 0. The number of nitrogens with one attached hydrogen (secondary N) is 1. The normalized spacial score (nSPS) is 17.0. The van der Waals surface area contributed by atoms with E-state index < -0.39 is 0 Å². The Hall–Kier alpha value is -3.02. The Labute approximate surface area is 178 Å². The first-order valence-corrected chi connectivity index (χ1v) is 10.3. The predicted molar refractivity (Wildman–Crippen MR) is 117 cm³/mol. The second kappa shape index (κ2) is 9.20. The van der Waals surface area contributed by atoms with E-state index >= 15 is 0 Å². The number of anilines is 1. The first kappa shape index (κ1) is 21.7. The lowest BCUT2D eigenvalue weighted by atomic mass is 10.0. The molecule has 0 saturated carbocycles. The van der Waals surface area contributed by atoms with Crippen molar-refractivity contribution in [3.63, 3.8) is 0 Å². The van der Waals surface area contributed by atoms with Crippen LogP contribution in [-0.4, -0.2) is 32.1 Å². The maximum absolute atomic E-state index is 12.9. The van der Waals surface area contributed by atoms with E-state index in [-0.39, 0.29) is 30.2 Å². The lowest BCUT2D eigenvalue weighted by Crippen LogP contribution is -2.34. The van der Waals surface area contributed by atoms with E-state index in [0.717, 1.165) is 22.4 Å². The highest BCUT2D eigenvalue weighted by atomic mass is 16.5. The van der Waals surface area contributed by atoms with E-state index in [2.05, 4.69) is 5.32 Å². The zero-order valence-electron chi connectivity index (χ0n) is 18.3. The van der Waals surface area contributed by atoms with Crippen molar-refractivity contribution in [2.24, 2.45) is 5.92 Å². The highest BCUT2D eigenvalue weighted by Crippen LogP contribution is 2.32. The molecule has 1 aliphatic rings. The van der Waals surface area contributed by atoms with Gasteiger partial charge in [-0.3, -0.25) is 9.59 Å². The van der Waals surface area contributed by atoms with Crippen LogP contribution in [0.15, 0.2) is 36.4 Å². The number of ether oxygens (including phenoxy) is 2. The highest BCUT2D eigenvalue weighted by molar-refractivity contribution is 6.01. The molecule has 1 fully saturated rings. The lowest BCUT2D eigenvalue weighted by molar-refractivity contribution is -0.126. The summed E-state index contributed by atoms with van der Waals surface area (Å²) in [6.45, 7) is 8.82. The molecule has 6 heteroatoms. The number of aryl methyl sites for hydroxylation is 1. The monoisotopic (exact) mass is 410 g/mol. The second-order valence-corrected chi connectivity index (χ2v) is 7.70. The van der Waals surface area contributed by atoms with E-state index in [1.54, 1.807) is 12.0 Å². The van der Waals surface area contributed by atoms with E-state index in [9.17, 15) is 9.59 Å². The Bertz CT molecular complexity index is 941. The van der Waals surface area contributed by atoms with Gasteiger partial charge in [0.2, 0.25) is 11.8 Å². The Balaban J connectivity index is 1.69. The van der Waals surface area contributed by atoms with Crippen molar-refractivity contribution in [1.82, 2.24) is 5.32 Å². The first-order valence-electron chi connectivity index (χ1n) is 10.3.